The molecule has 1 heterocycles. The van der Waals surface area contributed by atoms with Gasteiger partial charge in [0.2, 0.25) is 0 Å². The summed E-state index contributed by atoms with van der Waals surface area (Å²) >= 11 is 6.03. The van der Waals surface area contributed by atoms with Crippen LogP contribution in [0.25, 0.3) is 5.69 Å². The molecule has 0 aliphatic rings. The first-order valence-electron chi connectivity index (χ1n) is 6.52. The lowest BCUT2D eigenvalue weighted by Crippen LogP contribution is -2.25. The van der Waals surface area contributed by atoms with E-state index in [1.807, 2.05) is 13.0 Å². The van der Waals surface area contributed by atoms with Gasteiger partial charge in [-0.1, -0.05) is 11.6 Å². The third-order valence-electron chi connectivity index (χ3n) is 3.02. The van der Waals surface area contributed by atoms with Gasteiger partial charge in [0, 0.05) is 19.7 Å². The van der Waals surface area contributed by atoms with Crippen LogP contribution in [-0.4, -0.2) is 47.6 Å². The van der Waals surface area contributed by atoms with Gasteiger partial charge in [0.25, 0.3) is 0 Å². The average Bonchev–Trinajstić information content (AvgIpc) is 2.97. The highest BCUT2D eigenvalue weighted by atomic mass is 35.5. The zero-order chi connectivity index (χ0) is 15.2. The Balaban J connectivity index is 2.23. The molecule has 0 saturated heterocycles. The molecule has 1 unspecified atom stereocenters. The third-order valence-corrected chi connectivity index (χ3v) is 3.33. The maximum absolute atomic E-state index is 6.03. The molecule has 114 valence electrons. The maximum Gasteiger partial charge on any atom is 0.173 e. The van der Waals surface area contributed by atoms with Crippen molar-refractivity contribution in [2.24, 2.45) is 0 Å². The van der Waals surface area contributed by atoms with Crippen LogP contribution in [-0.2, 0) is 4.74 Å². The molecule has 8 heteroatoms. The molecule has 1 aromatic carbocycles. The van der Waals surface area contributed by atoms with Gasteiger partial charge >= 0.3 is 0 Å². The quantitative estimate of drug-likeness (QED) is 0.783. The van der Waals surface area contributed by atoms with E-state index in [9.17, 15) is 0 Å². The van der Waals surface area contributed by atoms with Gasteiger partial charge in [0.05, 0.1) is 30.5 Å². The van der Waals surface area contributed by atoms with E-state index in [2.05, 4.69) is 20.8 Å². The maximum atomic E-state index is 6.03. The molecule has 0 aliphatic carbocycles. The van der Waals surface area contributed by atoms with Crippen molar-refractivity contribution < 1.29 is 9.47 Å². The lowest BCUT2D eigenvalue weighted by atomic mass is 10.2. The molecule has 0 saturated carbocycles. The molecule has 2 aromatic rings. The summed E-state index contributed by atoms with van der Waals surface area (Å²) in [6.45, 7) is 3.33. The van der Waals surface area contributed by atoms with Crippen molar-refractivity contribution in [1.82, 2.24) is 25.5 Å². The highest BCUT2D eigenvalue weighted by Gasteiger charge is 2.16. The second-order valence-corrected chi connectivity index (χ2v) is 4.84. The zero-order valence-electron chi connectivity index (χ0n) is 12.2. The number of rotatable bonds is 7. The summed E-state index contributed by atoms with van der Waals surface area (Å²) < 4.78 is 11.9. The summed E-state index contributed by atoms with van der Waals surface area (Å²) in [5, 5.41) is 15.7. The van der Waals surface area contributed by atoms with Gasteiger partial charge in [-0.3, -0.25) is 0 Å². The fourth-order valence-electron chi connectivity index (χ4n) is 1.90. The van der Waals surface area contributed by atoms with Crippen molar-refractivity contribution >= 4 is 11.6 Å². The Hall–Kier alpha value is -1.70. The van der Waals surface area contributed by atoms with Crippen LogP contribution in [0.15, 0.2) is 18.2 Å². The van der Waals surface area contributed by atoms with E-state index in [1.165, 1.54) is 0 Å². The zero-order valence-corrected chi connectivity index (χ0v) is 13.0. The van der Waals surface area contributed by atoms with Crippen molar-refractivity contribution in [3.8, 4) is 11.4 Å². The second kappa shape index (κ2) is 7.35. The van der Waals surface area contributed by atoms with Crippen molar-refractivity contribution in [2.45, 2.75) is 13.0 Å². The van der Waals surface area contributed by atoms with Crippen LogP contribution in [0.3, 0.4) is 0 Å². The summed E-state index contributed by atoms with van der Waals surface area (Å²) in [6, 6.07) is 5.37. The van der Waals surface area contributed by atoms with E-state index < -0.39 is 0 Å². The molecular weight excluding hydrogens is 294 g/mol. The van der Waals surface area contributed by atoms with Crippen LogP contribution < -0.4 is 10.1 Å². The molecule has 0 amide bonds. The molecule has 0 fully saturated rings. The second-order valence-electron chi connectivity index (χ2n) is 4.44. The monoisotopic (exact) mass is 311 g/mol. The topological polar surface area (TPSA) is 74.1 Å². The molecule has 0 radical (unpaired) electrons. The van der Waals surface area contributed by atoms with Crippen LogP contribution in [0.4, 0.5) is 0 Å². The third kappa shape index (κ3) is 3.69. The number of ether oxygens (including phenoxy) is 2. The summed E-state index contributed by atoms with van der Waals surface area (Å²) in [6.07, 6.45) is 0. The number of nitrogens with zero attached hydrogens (tertiary/aromatic N) is 4. The Kier molecular flexibility index (Phi) is 5.49. The number of benzene rings is 1. The molecule has 0 bridgehead atoms. The van der Waals surface area contributed by atoms with E-state index in [4.69, 9.17) is 21.1 Å². The molecule has 2 rings (SSSR count). The van der Waals surface area contributed by atoms with Crippen LogP contribution in [0, 0.1) is 0 Å². The predicted octanol–water partition coefficient (Wildman–Crippen LogP) is 1.62. The minimum atomic E-state index is -0.0168. The highest BCUT2D eigenvalue weighted by molar-refractivity contribution is 6.32. The predicted molar refractivity (Wildman–Crippen MR) is 79.0 cm³/mol. The van der Waals surface area contributed by atoms with Gasteiger partial charge in [0.15, 0.2) is 5.82 Å². The minimum absolute atomic E-state index is 0.0168. The molecular formula is C13H18ClN5O2. The van der Waals surface area contributed by atoms with Crippen molar-refractivity contribution in [1.29, 1.82) is 0 Å². The average molecular weight is 312 g/mol. The lowest BCUT2D eigenvalue weighted by molar-refractivity contribution is 0.196. The number of aromatic nitrogens is 4. The van der Waals surface area contributed by atoms with Crippen LogP contribution in [0.2, 0.25) is 5.02 Å². The molecule has 1 N–H and O–H groups in total. The summed E-state index contributed by atoms with van der Waals surface area (Å²) in [5.74, 6) is 1.28. The SMILES string of the molecule is COCCNC(C)c1nnnn1-c1ccc(Cl)c(OC)c1. The van der Waals surface area contributed by atoms with Gasteiger partial charge in [-0.05, 0) is 29.5 Å². The minimum Gasteiger partial charge on any atom is -0.495 e. The number of methoxy groups -OCH3 is 2. The number of hydrogen-bond acceptors (Lipinski definition) is 6. The standard InChI is InChI=1S/C13H18ClN5O2/c1-9(15-6-7-20-2)13-16-17-18-19(13)10-4-5-11(14)12(8-10)21-3/h4-5,8-9,15H,6-7H2,1-3H3. The van der Waals surface area contributed by atoms with Gasteiger partial charge < -0.3 is 14.8 Å². The largest absolute Gasteiger partial charge is 0.495 e. The molecule has 21 heavy (non-hydrogen) atoms. The molecule has 1 aromatic heterocycles. The summed E-state index contributed by atoms with van der Waals surface area (Å²) in [4.78, 5) is 0. The normalized spacial score (nSPS) is 12.4. The number of hydrogen-bond donors (Lipinski definition) is 1. The van der Waals surface area contributed by atoms with Crippen LogP contribution >= 0.6 is 11.6 Å². The van der Waals surface area contributed by atoms with Crippen LogP contribution in [0.5, 0.6) is 5.75 Å². The molecule has 7 nitrogen and oxygen atoms in total. The molecule has 0 aliphatic heterocycles. The highest BCUT2D eigenvalue weighted by Crippen LogP contribution is 2.27. The number of tetrazole rings is 1. The Morgan fingerprint density at radius 1 is 1.38 bits per heavy atom. The Bertz CT molecular complexity index is 590. The van der Waals surface area contributed by atoms with E-state index in [0.717, 1.165) is 5.69 Å². The van der Waals surface area contributed by atoms with Gasteiger partial charge in [-0.2, -0.15) is 4.68 Å². The van der Waals surface area contributed by atoms with Crippen molar-refractivity contribution in [2.75, 3.05) is 27.4 Å². The lowest BCUT2D eigenvalue weighted by Gasteiger charge is -2.14. The first-order valence-corrected chi connectivity index (χ1v) is 6.89. The number of halogens is 1. The Morgan fingerprint density at radius 3 is 2.90 bits per heavy atom. The molecule has 0 spiro atoms. The summed E-state index contributed by atoms with van der Waals surface area (Å²) in [7, 11) is 3.23. The fourth-order valence-corrected chi connectivity index (χ4v) is 2.09. The van der Waals surface area contributed by atoms with Crippen molar-refractivity contribution in [3.05, 3.63) is 29.0 Å². The van der Waals surface area contributed by atoms with Crippen LogP contribution in [0.1, 0.15) is 18.8 Å². The van der Waals surface area contributed by atoms with E-state index in [0.29, 0.717) is 29.7 Å². The Labute approximate surface area is 128 Å². The smallest absolute Gasteiger partial charge is 0.173 e. The van der Waals surface area contributed by atoms with Gasteiger partial charge in [0.1, 0.15) is 5.75 Å². The van der Waals surface area contributed by atoms with E-state index in [-0.39, 0.29) is 6.04 Å². The van der Waals surface area contributed by atoms with Gasteiger partial charge in [-0.15, -0.1) is 5.10 Å². The van der Waals surface area contributed by atoms with E-state index in [1.54, 1.807) is 31.0 Å². The number of nitrogens with one attached hydrogen (secondary N) is 1. The Morgan fingerprint density at radius 2 is 2.19 bits per heavy atom. The van der Waals surface area contributed by atoms with E-state index >= 15 is 0 Å². The fraction of sp³-hybridized carbons (Fsp3) is 0.462. The first-order chi connectivity index (χ1) is 10.2. The van der Waals surface area contributed by atoms with Crippen molar-refractivity contribution in [3.63, 3.8) is 0 Å². The molecule has 1 atom stereocenters. The summed E-state index contributed by atoms with van der Waals surface area (Å²) in [5.41, 5.74) is 0.789. The first kappa shape index (κ1) is 15.7. The van der Waals surface area contributed by atoms with Gasteiger partial charge in [-0.25, -0.2) is 0 Å².